The average molecular weight is 332 g/mol. The van der Waals surface area contributed by atoms with Crippen LogP contribution in [0.15, 0.2) is 84.9 Å². The molecule has 0 radical (unpaired) electrons. The van der Waals surface area contributed by atoms with Crippen LogP contribution >= 0.6 is 12.2 Å². The highest BCUT2D eigenvalue weighted by Gasteiger charge is 2.15. The largest absolute Gasteiger partial charge is 0.352 e. The van der Waals surface area contributed by atoms with Gasteiger partial charge >= 0.3 is 0 Å². The van der Waals surface area contributed by atoms with E-state index in [0.29, 0.717) is 5.11 Å². The first kappa shape index (κ1) is 16.2. The highest BCUT2D eigenvalue weighted by atomic mass is 32.1. The van der Waals surface area contributed by atoms with Gasteiger partial charge in [-0.3, -0.25) is 0 Å². The van der Waals surface area contributed by atoms with Gasteiger partial charge in [0.15, 0.2) is 5.11 Å². The highest BCUT2D eigenvalue weighted by Crippen LogP contribution is 2.22. The van der Waals surface area contributed by atoms with Gasteiger partial charge in [0.2, 0.25) is 0 Å². The average Bonchev–Trinajstić information content (AvgIpc) is 2.62. The zero-order valence-corrected chi connectivity index (χ0v) is 14.4. The molecule has 0 aliphatic carbocycles. The van der Waals surface area contributed by atoms with Crippen LogP contribution in [0.1, 0.15) is 22.7 Å². The summed E-state index contributed by atoms with van der Waals surface area (Å²) < 4.78 is 0. The van der Waals surface area contributed by atoms with Crippen molar-refractivity contribution < 1.29 is 0 Å². The highest BCUT2D eigenvalue weighted by molar-refractivity contribution is 7.80. The second kappa shape index (κ2) is 7.75. The van der Waals surface area contributed by atoms with Gasteiger partial charge in [0, 0.05) is 5.69 Å². The van der Waals surface area contributed by atoms with Crippen molar-refractivity contribution in [2.45, 2.75) is 13.0 Å². The van der Waals surface area contributed by atoms with Crippen LogP contribution in [0.25, 0.3) is 0 Å². The number of aryl methyl sites for hydroxylation is 1. The van der Waals surface area contributed by atoms with Crippen LogP contribution in [0.5, 0.6) is 0 Å². The zero-order chi connectivity index (χ0) is 16.8. The normalized spacial score (nSPS) is 11.5. The van der Waals surface area contributed by atoms with E-state index in [-0.39, 0.29) is 6.04 Å². The van der Waals surface area contributed by atoms with Crippen molar-refractivity contribution in [2.24, 2.45) is 0 Å². The summed E-state index contributed by atoms with van der Waals surface area (Å²) in [5, 5.41) is 7.29. The number of hydrogen-bond donors (Lipinski definition) is 2. The summed E-state index contributed by atoms with van der Waals surface area (Å²) in [6, 6.07) is 28.8. The molecule has 1 atom stereocenters. The van der Waals surface area contributed by atoms with Crippen molar-refractivity contribution in [3.8, 4) is 0 Å². The lowest BCUT2D eigenvalue weighted by Crippen LogP contribution is -2.33. The molecule has 0 aliphatic heterocycles. The molecule has 0 saturated carbocycles. The smallest absolute Gasteiger partial charge is 0.171 e. The van der Waals surface area contributed by atoms with E-state index in [2.05, 4.69) is 54.0 Å². The fourth-order valence-corrected chi connectivity index (χ4v) is 2.82. The van der Waals surface area contributed by atoms with E-state index in [1.165, 1.54) is 16.7 Å². The lowest BCUT2D eigenvalue weighted by molar-refractivity contribution is 0.768. The minimum Gasteiger partial charge on any atom is -0.352 e. The first-order chi connectivity index (χ1) is 11.7. The molecule has 1 unspecified atom stereocenters. The number of nitrogens with one attached hydrogen (secondary N) is 2. The molecule has 0 saturated heterocycles. The molecule has 3 heteroatoms. The zero-order valence-electron chi connectivity index (χ0n) is 13.6. The van der Waals surface area contributed by atoms with E-state index in [0.717, 1.165) is 5.69 Å². The molecule has 2 N–H and O–H groups in total. The van der Waals surface area contributed by atoms with Crippen LogP contribution in [-0.2, 0) is 0 Å². The van der Waals surface area contributed by atoms with E-state index in [4.69, 9.17) is 12.2 Å². The van der Waals surface area contributed by atoms with Crippen LogP contribution < -0.4 is 10.6 Å². The molecule has 0 bridgehead atoms. The van der Waals surface area contributed by atoms with E-state index < -0.39 is 0 Å². The Labute approximate surface area is 148 Å². The molecule has 3 rings (SSSR count). The molecule has 0 spiro atoms. The molecule has 0 aromatic heterocycles. The molecule has 0 heterocycles. The van der Waals surface area contributed by atoms with Crippen molar-refractivity contribution >= 4 is 23.0 Å². The maximum absolute atomic E-state index is 5.52. The van der Waals surface area contributed by atoms with Gasteiger partial charge in [0.05, 0.1) is 6.04 Å². The van der Waals surface area contributed by atoms with Gasteiger partial charge in [0.25, 0.3) is 0 Å². The van der Waals surface area contributed by atoms with Crippen LogP contribution in [-0.4, -0.2) is 5.11 Å². The van der Waals surface area contributed by atoms with Crippen LogP contribution in [0, 0.1) is 6.92 Å². The van der Waals surface area contributed by atoms with E-state index >= 15 is 0 Å². The van der Waals surface area contributed by atoms with E-state index in [9.17, 15) is 0 Å². The van der Waals surface area contributed by atoms with E-state index in [1.807, 2.05) is 48.5 Å². The van der Waals surface area contributed by atoms with Crippen LogP contribution in [0.4, 0.5) is 5.69 Å². The van der Waals surface area contributed by atoms with Crippen molar-refractivity contribution in [1.82, 2.24) is 5.32 Å². The van der Waals surface area contributed by atoms with E-state index in [1.54, 1.807) is 0 Å². The summed E-state index contributed by atoms with van der Waals surface area (Å²) in [5.41, 5.74) is 4.59. The SMILES string of the molecule is Cc1ccc(C(NC(=S)Nc2ccccc2)c2ccccc2)cc1. The molecular formula is C21H20N2S. The Balaban J connectivity index is 1.82. The van der Waals surface area contributed by atoms with Crippen molar-refractivity contribution in [3.63, 3.8) is 0 Å². The number of anilines is 1. The molecule has 2 nitrogen and oxygen atoms in total. The summed E-state index contributed by atoms with van der Waals surface area (Å²) in [4.78, 5) is 0. The predicted octanol–water partition coefficient (Wildman–Crippen LogP) is 5.07. The van der Waals surface area contributed by atoms with Gasteiger partial charge < -0.3 is 10.6 Å². The Morgan fingerprint density at radius 1 is 0.750 bits per heavy atom. The number of benzene rings is 3. The molecule has 120 valence electrons. The Kier molecular flexibility index (Phi) is 5.24. The van der Waals surface area contributed by atoms with Gasteiger partial charge in [0.1, 0.15) is 0 Å². The third kappa shape index (κ3) is 4.21. The van der Waals surface area contributed by atoms with Gasteiger partial charge in [-0.05, 0) is 42.4 Å². The van der Waals surface area contributed by atoms with Crippen molar-refractivity contribution in [2.75, 3.05) is 5.32 Å². The standard InChI is InChI=1S/C21H20N2S/c1-16-12-14-18(15-13-16)20(17-8-4-2-5-9-17)23-21(24)22-19-10-6-3-7-11-19/h2-15,20H,1H3,(H2,22,23,24). The number of para-hydroxylation sites is 1. The van der Waals surface area contributed by atoms with Gasteiger partial charge in [-0.25, -0.2) is 0 Å². The molecule has 3 aromatic rings. The van der Waals surface area contributed by atoms with Crippen LogP contribution in [0.2, 0.25) is 0 Å². The topological polar surface area (TPSA) is 24.1 Å². The Morgan fingerprint density at radius 2 is 1.29 bits per heavy atom. The fraction of sp³-hybridized carbons (Fsp3) is 0.0952. The fourth-order valence-electron chi connectivity index (χ4n) is 2.58. The van der Waals surface area contributed by atoms with Crippen molar-refractivity contribution in [1.29, 1.82) is 0 Å². The van der Waals surface area contributed by atoms with Gasteiger partial charge in [-0.1, -0.05) is 78.4 Å². The Morgan fingerprint density at radius 3 is 1.92 bits per heavy atom. The number of hydrogen-bond acceptors (Lipinski definition) is 1. The van der Waals surface area contributed by atoms with Crippen molar-refractivity contribution in [3.05, 3.63) is 102 Å². The van der Waals surface area contributed by atoms with Crippen LogP contribution in [0.3, 0.4) is 0 Å². The Bertz CT molecular complexity index is 783. The number of thiocarbonyl (C=S) groups is 1. The molecule has 0 amide bonds. The third-order valence-corrected chi connectivity index (χ3v) is 4.07. The third-order valence-electron chi connectivity index (χ3n) is 3.85. The lowest BCUT2D eigenvalue weighted by Gasteiger charge is -2.22. The summed E-state index contributed by atoms with van der Waals surface area (Å²) in [5.74, 6) is 0. The Hall–Kier alpha value is -2.65. The van der Waals surface area contributed by atoms with Gasteiger partial charge in [-0.15, -0.1) is 0 Å². The second-order valence-electron chi connectivity index (χ2n) is 5.72. The maximum Gasteiger partial charge on any atom is 0.171 e. The second-order valence-corrected chi connectivity index (χ2v) is 6.13. The molecule has 3 aromatic carbocycles. The summed E-state index contributed by atoms with van der Waals surface area (Å²) in [7, 11) is 0. The lowest BCUT2D eigenvalue weighted by atomic mass is 9.98. The summed E-state index contributed by atoms with van der Waals surface area (Å²) in [6.07, 6.45) is 0. The summed E-state index contributed by atoms with van der Waals surface area (Å²) >= 11 is 5.52. The monoisotopic (exact) mass is 332 g/mol. The molecule has 0 fully saturated rings. The van der Waals surface area contributed by atoms with Gasteiger partial charge in [-0.2, -0.15) is 0 Å². The molecule has 0 aliphatic rings. The molecule has 24 heavy (non-hydrogen) atoms. The summed E-state index contributed by atoms with van der Waals surface area (Å²) in [6.45, 7) is 2.09. The minimum atomic E-state index is 0.00973. The minimum absolute atomic E-state index is 0.00973. The first-order valence-corrected chi connectivity index (χ1v) is 8.37. The number of rotatable bonds is 4. The quantitative estimate of drug-likeness (QED) is 0.652. The first-order valence-electron chi connectivity index (χ1n) is 7.96. The maximum atomic E-state index is 5.52. The molecular weight excluding hydrogens is 312 g/mol. The predicted molar refractivity (Wildman–Crippen MR) is 105 cm³/mol.